The summed E-state index contributed by atoms with van der Waals surface area (Å²) in [5.74, 6) is -0.813. The van der Waals surface area contributed by atoms with Crippen LogP contribution in [0.5, 0.6) is 11.6 Å². The molecule has 0 aliphatic rings. The number of pyridine rings is 1. The molecule has 104 valence electrons. The largest absolute Gasteiger partial charge is 0.439 e. The smallest absolute Gasteiger partial charge is 0.305 e. The lowest BCUT2D eigenvalue weighted by Gasteiger charge is -2.11. The summed E-state index contributed by atoms with van der Waals surface area (Å²) in [4.78, 5) is 13.6. The van der Waals surface area contributed by atoms with E-state index in [-0.39, 0.29) is 11.6 Å². The van der Waals surface area contributed by atoms with Crippen molar-refractivity contribution in [2.24, 2.45) is 0 Å². The molecule has 0 aliphatic heterocycles. The molecule has 0 bridgehead atoms. The van der Waals surface area contributed by atoms with Gasteiger partial charge in [-0.05, 0) is 25.1 Å². The Bertz CT molecular complexity index is 646. The van der Waals surface area contributed by atoms with Gasteiger partial charge in [-0.1, -0.05) is 0 Å². The van der Waals surface area contributed by atoms with Crippen LogP contribution in [0.15, 0.2) is 36.5 Å². The van der Waals surface area contributed by atoms with Gasteiger partial charge in [0.25, 0.3) is 0 Å². The average Bonchev–Trinajstić information content (AvgIpc) is 2.38. The van der Waals surface area contributed by atoms with Crippen molar-refractivity contribution in [1.82, 2.24) is 4.98 Å². The van der Waals surface area contributed by atoms with Gasteiger partial charge in [0.05, 0.1) is 11.0 Å². The number of nitro groups is 1. The first-order chi connectivity index (χ1) is 9.49. The highest BCUT2D eigenvalue weighted by molar-refractivity contribution is 5.40. The monoisotopic (exact) mass is 278 g/mol. The predicted molar refractivity (Wildman–Crippen MR) is 68.0 cm³/mol. The molecule has 2 rings (SSSR count). The molecule has 6 nitrogen and oxygen atoms in total. The zero-order valence-corrected chi connectivity index (χ0v) is 10.5. The van der Waals surface area contributed by atoms with Crippen molar-refractivity contribution in [3.8, 4) is 11.6 Å². The maximum Gasteiger partial charge on any atom is 0.305 e. The van der Waals surface area contributed by atoms with E-state index in [2.05, 4.69) is 4.98 Å². The van der Waals surface area contributed by atoms with Crippen LogP contribution in [0.4, 0.5) is 10.1 Å². The van der Waals surface area contributed by atoms with Crippen molar-refractivity contribution in [2.45, 2.75) is 13.0 Å². The van der Waals surface area contributed by atoms with Gasteiger partial charge in [0.15, 0.2) is 0 Å². The number of aliphatic hydroxyl groups excluding tert-OH is 1. The summed E-state index contributed by atoms with van der Waals surface area (Å²) in [6, 6.07) is 6.43. The minimum Gasteiger partial charge on any atom is -0.439 e. The van der Waals surface area contributed by atoms with Crippen LogP contribution in [0.1, 0.15) is 18.6 Å². The summed E-state index contributed by atoms with van der Waals surface area (Å²) in [5, 5.41) is 20.1. The third-order valence-corrected chi connectivity index (χ3v) is 2.58. The van der Waals surface area contributed by atoms with Crippen molar-refractivity contribution < 1.29 is 19.2 Å². The molecule has 0 spiro atoms. The number of aliphatic hydroxyl groups is 1. The molecule has 0 aliphatic carbocycles. The molecule has 7 heteroatoms. The molecule has 0 amide bonds. The Morgan fingerprint density at radius 3 is 2.80 bits per heavy atom. The van der Waals surface area contributed by atoms with Gasteiger partial charge < -0.3 is 9.84 Å². The minimum atomic E-state index is -0.998. The van der Waals surface area contributed by atoms with E-state index >= 15 is 0 Å². The number of rotatable bonds is 4. The number of aromatic nitrogens is 1. The van der Waals surface area contributed by atoms with E-state index < -0.39 is 22.5 Å². The maximum atomic E-state index is 13.5. The molecule has 20 heavy (non-hydrogen) atoms. The summed E-state index contributed by atoms with van der Waals surface area (Å²) < 4.78 is 18.8. The van der Waals surface area contributed by atoms with Crippen LogP contribution in [0.2, 0.25) is 0 Å². The number of hydrogen-bond donors (Lipinski definition) is 1. The van der Waals surface area contributed by atoms with E-state index in [0.717, 1.165) is 12.1 Å². The van der Waals surface area contributed by atoms with Crippen LogP contribution in [-0.4, -0.2) is 15.0 Å². The van der Waals surface area contributed by atoms with Gasteiger partial charge >= 0.3 is 5.69 Å². The molecule has 1 unspecified atom stereocenters. The SMILES string of the molecule is CC(O)c1cccnc1Oc1ccc([N+](=O)[O-])c(F)c1. The van der Waals surface area contributed by atoms with Gasteiger partial charge in [-0.15, -0.1) is 0 Å². The Morgan fingerprint density at radius 2 is 2.20 bits per heavy atom. The highest BCUT2D eigenvalue weighted by Crippen LogP contribution is 2.29. The van der Waals surface area contributed by atoms with Crippen LogP contribution >= 0.6 is 0 Å². The molecule has 1 aromatic heterocycles. The first kappa shape index (κ1) is 13.9. The quantitative estimate of drug-likeness (QED) is 0.686. The summed E-state index contributed by atoms with van der Waals surface area (Å²) in [6.45, 7) is 1.54. The van der Waals surface area contributed by atoms with E-state index in [0.29, 0.717) is 5.56 Å². The van der Waals surface area contributed by atoms with Gasteiger partial charge in [-0.25, -0.2) is 4.98 Å². The molecule has 0 saturated carbocycles. The lowest BCUT2D eigenvalue weighted by molar-refractivity contribution is -0.387. The van der Waals surface area contributed by atoms with Gasteiger partial charge in [0, 0.05) is 23.9 Å². The Kier molecular flexibility index (Phi) is 3.90. The van der Waals surface area contributed by atoms with Crippen LogP contribution in [0, 0.1) is 15.9 Å². The highest BCUT2D eigenvalue weighted by atomic mass is 19.1. The molecular formula is C13H11FN2O4. The van der Waals surface area contributed by atoms with Gasteiger partial charge in [0.2, 0.25) is 11.7 Å². The average molecular weight is 278 g/mol. The number of hydrogen-bond acceptors (Lipinski definition) is 5. The van der Waals surface area contributed by atoms with Gasteiger partial charge in [0.1, 0.15) is 5.75 Å². The van der Waals surface area contributed by atoms with E-state index in [1.54, 1.807) is 19.1 Å². The van der Waals surface area contributed by atoms with Crippen molar-refractivity contribution in [2.75, 3.05) is 0 Å². The normalized spacial score (nSPS) is 11.9. The fraction of sp³-hybridized carbons (Fsp3) is 0.154. The van der Waals surface area contributed by atoms with Crippen molar-refractivity contribution in [3.63, 3.8) is 0 Å². The molecule has 1 atom stereocenters. The van der Waals surface area contributed by atoms with Crippen LogP contribution in [-0.2, 0) is 0 Å². The molecule has 1 N–H and O–H groups in total. The van der Waals surface area contributed by atoms with Crippen molar-refractivity contribution in [1.29, 1.82) is 0 Å². The number of halogens is 1. The Labute approximate surface area is 113 Å². The fourth-order valence-electron chi connectivity index (χ4n) is 1.62. The van der Waals surface area contributed by atoms with Crippen LogP contribution in [0.25, 0.3) is 0 Å². The third kappa shape index (κ3) is 2.89. The number of nitro benzene ring substituents is 1. The molecule has 1 aromatic carbocycles. The summed E-state index contributed by atoms with van der Waals surface area (Å²) in [7, 11) is 0. The third-order valence-electron chi connectivity index (χ3n) is 2.58. The Balaban J connectivity index is 2.31. The predicted octanol–water partition coefficient (Wildman–Crippen LogP) is 2.97. The van der Waals surface area contributed by atoms with E-state index in [4.69, 9.17) is 4.74 Å². The second-order valence-electron chi connectivity index (χ2n) is 4.05. The lowest BCUT2D eigenvalue weighted by atomic mass is 10.2. The van der Waals surface area contributed by atoms with E-state index in [9.17, 15) is 19.6 Å². The van der Waals surface area contributed by atoms with Crippen LogP contribution in [0.3, 0.4) is 0 Å². The maximum absolute atomic E-state index is 13.5. The van der Waals surface area contributed by atoms with Gasteiger partial charge in [-0.2, -0.15) is 4.39 Å². The number of ether oxygens (including phenoxy) is 1. The first-order valence-corrected chi connectivity index (χ1v) is 5.74. The number of benzene rings is 1. The highest BCUT2D eigenvalue weighted by Gasteiger charge is 2.16. The van der Waals surface area contributed by atoms with Crippen molar-refractivity contribution in [3.05, 3.63) is 58.0 Å². The molecular weight excluding hydrogens is 267 g/mol. The number of nitrogens with zero attached hydrogens (tertiary/aromatic N) is 2. The Hall–Kier alpha value is -2.54. The second kappa shape index (κ2) is 5.62. The summed E-state index contributed by atoms with van der Waals surface area (Å²) in [5.41, 5.74) is -0.194. The topological polar surface area (TPSA) is 85.5 Å². The van der Waals surface area contributed by atoms with Crippen LogP contribution < -0.4 is 4.74 Å². The lowest BCUT2D eigenvalue weighted by Crippen LogP contribution is -1.99. The van der Waals surface area contributed by atoms with E-state index in [1.807, 2.05) is 0 Å². The zero-order valence-electron chi connectivity index (χ0n) is 10.5. The minimum absolute atomic E-state index is 0.0636. The molecule has 0 radical (unpaired) electrons. The van der Waals surface area contributed by atoms with Gasteiger partial charge in [-0.3, -0.25) is 10.1 Å². The van der Waals surface area contributed by atoms with Crippen molar-refractivity contribution >= 4 is 5.69 Å². The first-order valence-electron chi connectivity index (χ1n) is 5.74. The van der Waals surface area contributed by atoms with E-state index in [1.165, 1.54) is 12.3 Å². The molecule has 0 saturated heterocycles. The fourth-order valence-corrected chi connectivity index (χ4v) is 1.62. The second-order valence-corrected chi connectivity index (χ2v) is 4.05. The molecule has 2 aromatic rings. The molecule has 0 fully saturated rings. The summed E-state index contributed by atoms with van der Waals surface area (Å²) >= 11 is 0. The standard InChI is InChI=1S/C13H11FN2O4/c1-8(17)10-3-2-6-15-13(10)20-9-4-5-12(16(18)19)11(14)7-9/h2-8,17H,1H3. The molecule has 1 heterocycles. The Morgan fingerprint density at radius 1 is 1.45 bits per heavy atom. The summed E-state index contributed by atoms with van der Waals surface area (Å²) in [6.07, 6.45) is 0.657. The zero-order chi connectivity index (χ0) is 14.7.